The zero-order chi connectivity index (χ0) is 38.2. The first-order valence-electron chi connectivity index (χ1n) is 19.3. The van der Waals surface area contributed by atoms with Crippen LogP contribution in [-0.4, -0.2) is 74.5 Å². The van der Waals surface area contributed by atoms with Gasteiger partial charge in [-0.2, -0.15) is 0 Å². The number of carbonyl (C=O) groups is 3. The molecule has 3 amide bonds. The summed E-state index contributed by atoms with van der Waals surface area (Å²) >= 11 is 0. The molecule has 0 spiro atoms. The number of fused-ring (bicyclic) bond motifs is 2. The minimum absolute atomic E-state index is 0.0714. The second-order valence-corrected chi connectivity index (χ2v) is 15.5. The number of carbonyl (C=O) groups excluding carboxylic acids is 3. The van der Waals surface area contributed by atoms with E-state index >= 15 is 0 Å². The predicted molar refractivity (Wildman–Crippen MR) is 210 cm³/mol. The van der Waals surface area contributed by atoms with Crippen LogP contribution in [0.3, 0.4) is 0 Å². The van der Waals surface area contributed by atoms with Crippen LogP contribution in [0.25, 0.3) is 33.6 Å². The van der Waals surface area contributed by atoms with Crippen LogP contribution in [0.5, 0.6) is 0 Å². The Labute approximate surface area is 321 Å². The third-order valence-electron chi connectivity index (χ3n) is 12.0. The number of hydrogen-bond acceptors (Lipinski definition) is 7. The maximum absolute atomic E-state index is 13.8. The Morgan fingerprint density at radius 3 is 2.05 bits per heavy atom. The van der Waals surface area contributed by atoms with Crippen molar-refractivity contribution in [3.63, 3.8) is 0 Å². The van der Waals surface area contributed by atoms with E-state index in [1.165, 1.54) is 7.11 Å². The summed E-state index contributed by atoms with van der Waals surface area (Å²) in [6, 6.07) is 21.6. The number of imidazole rings is 2. The number of pyridine rings is 1. The molecule has 0 radical (unpaired) electrons. The number of nitrogens with zero attached hydrogens (tertiary/aromatic N) is 5. The van der Waals surface area contributed by atoms with Gasteiger partial charge in [-0.1, -0.05) is 68.4 Å². The summed E-state index contributed by atoms with van der Waals surface area (Å²) in [5.74, 6) is 3.00. The lowest BCUT2D eigenvalue weighted by Crippen LogP contribution is -2.51. The molecule has 12 heteroatoms. The zero-order valence-electron chi connectivity index (χ0n) is 31.7. The minimum Gasteiger partial charge on any atom is -0.453 e. The summed E-state index contributed by atoms with van der Waals surface area (Å²) < 4.78 is 4.76. The fourth-order valence-corrected chi connectivity index (χ4v) is 9.11. The molecule has 1 saturated heterocycles. The molecule has 8 rings (SSSR count). The van der Waals surface area contributed by atoms with Crippen molar-refractivity contribution in [2.75, 3.05) is 25.6 Å². The highest BCUT2D eigenvalue weighted by Crippen LogP contribution is 2.56. The number of methoxy groups -OCH3 is 1. The SMILES string of the molecule is COC(=O)N[C@H](C(=O)N1CCC[C@H]1c1ncc(-c2ccc(-c3ccc(-c4cnc([C@@H]5C6CCC(C6)[C@H]5C(=O)N(C)c5ccccn5)[nH]4)cc3)cc2)[nH]1)C(C)C. The third kappa shape index (κ3) is 7.01. The average molecular weight is 741 g/mol. The van der Waals surface area contributed by atoms with Crippen LogP contribution in [0.1, 0.15) is 69.6 Å². The molecule has 1 aliphatic heterocycles. The molecule has 3 fully saturated rings. The number of ether oxygens (including phenoxy) is 1. The second kappa shape index (κ2) is 15.2. The first kappa shape index (κ1) is 36.2. The molecule has 2 bridgehead atoms. The first-order chi connectivity index (χ1) is 26.7. The maximum atomic E-state index is 13.8. The number of hydrogen-bond donors (Lipinski definition) is 3. The van der Waals surface area contributed by atoms with Gasteiger partial charge < -0.3 is 24.9 Å². The molecule has 55 heavy (non-hydrogen) atoms. The van der Waals surface area contributed by atoms with Gasteiger partial charge in [0.1, 0.15) is 23.5 Å². The zero-order valence-corrected chi connectivity index (χ0v) is 31.7. The van der Waals surface area contributed by atoms with Crippen molar-refractivity contribution < 1.29 is 19.1 Å². The molecule has 4 heterocycles. The number of likely N-dealkylation sites (tertiary alicyclic amines) is 1. The van der Waals surface area contributed by atoms with Gasteiger partial charge in [-0.05, 0) is 84.2 Å². The molecule has 3 aromatic heterocycles. The number of alkyl carbamates (subject to hydrolysis) is 1. The smallest absolute Gasteiger partial charge is 0.407 e. The number of amides is 3. The minimum atomic E-state index is -0.677. The van der Waals surface area contributed by atoms with Crippen LogP contribution in [0.2, 0.25) is 0 Å². The van der Waals surface area contributed by atoms with E-state index in [-0.39, 0.29) is 35.6 Å². The number of rotatable bonds is 10. The molecular formula is C43H48N8O4. The van der Waals surface area contributed by atoms with Crippen molar-refractivity contribution in [2.24, 2.45) is 23.7 Å². The molecule has 284 valence electrons. The number of aromatic nitrogens is 5. The summed E-state index contributed by atoms with van der Waals surface area (Å²) in [6.07, 6.45) is 9.77. The monoisotopic (exact) mass is 740 g/mol. The second-order valence-electron chi connectivity index (χ2n) is 15.5. The highest BCUT2D eigenvalue weighted by molar-refractivity contribution is 5.95. The molecule has 2 aliphatic carbocycles. The van der Waals surface area contributed by atoms with Crippen molar-refractivity contribution >= 4 is 23.7 Å². The molecule has 6 atom stereocenters. The van der Waals surface area contributed by atoms with E-state index in [0.717, 1.165) is 77.4 Å². The molecule has 3 N–H and O–H groups in total. The van der Waals surface area contributed by atoms with E-state index in [2.05, 4.69) is 73.8 Å². The van der Waals surface area contributed by atoms with E-state index in [0.29, 0.717) is 24.2 Å². The van der Waals surface area contributed by atoms with Gasteiger partial charge in [0.25, 0.3) is 0 Å². The van der Waals surface area contributed by atoms with E-state index in [4.69, 9.17) is 9.72 Å². The molecule has 2 aromatic carbocycles. The van der Waals surface area contributed by atoms with Gasteiger partial charge in [-0.3, -0.25) is 14.5 Å². The number of anilines is 1. The number of aromatic amines is 2. The molecule has 5 aromatic rings. The average Bonchev–Trinajstić information content (AvgIpc) is 4.08. The number of benzene rings is 2. The van der Waals surface area contributed by atoms with Crippen LogP contribution < -0.4 is 10.2 Å². The van der Waals surface area contributed by atoms with Gasteiger partial charge in [-0.15, -0.1) is 0 Å². The van der Waals surface area contributed by atoms with Gasteiger partial charge >= 0.3 is 6.09 Å². The van der Waals surface area contributed by atoms with Crippen molar-refractivity contribution in [2.45, 2.75) is 64.0 Å². The molecule has 2 saturated carbocycles. The Morgan fingerprint density at radius 1 is 0.818 bits per heavy atom. The summed E-state index contributed by atoms with van der Waals surface area (Å²) in [5.41, 5.74) is 6.04. The van der Waals surface area contributed by atoms with Crippen molar-refractivity contribution in [3.05, 3.63) is 97.0 Å². The van der Waals surface area contributed by atoms with Crippen LogP contribution in [0.15, 0.2) is 85.3 Å². The fourth-order valence-electron chi connectivity index (χ4n) is 9.11. The lowest BCUT2D eigenvalue weighted by atomic mass is 9.78. The normalized spacial score (nSPS) is 22.2. The van der Waals surface area contributed by atoms with Gasteiger partial charge in [0.15, 0.2) is 0 Å². The molecule has 2 unspecified atom stereocenters. The lowest BCUT2D eigenvalue weighted by Gasteiger charge is -2.31. The summed E-state index contributed by atoms with van der Waals surface area (Å²) in [7, 11) is 3.13. The van der Waals surface area contributed by atoms with Crippen molar-refractivity contribution in [1.82, 2.24) is 35.1 Å². The number of H-pyrrole nitrogens is 2. The number of nitrogens with one attached hydrogen (secondary N) is 3. The molecular weight excluding hydrogens is 693 g/mol. The van der Waals surface area contributed by atoms with E-state index in [1.54, 1.807) is 11.1 Å². The summed E-state index contributed by atoms with van der Waals surface area (Å²) in [6.45, 7) is 4.42. The summed E-state index contributed by atoms with van der Waals surface area (Å²) in [4.78, 5) is 63.9. The standard InChI is InChI=1S/C43H48N8O4/c1-25(2)38(49-43(54)55-4)42(53)51-21-7-8-34(51)39-45-23-32(47-39)28-14-10-26(11-15-28)27-12-16-29(17-13-27)33-24-46-40(48-33)36-30-18-19-31(22-30)37(36)41(52)50(3)35-9-5-6-20-44-35/h5-6,9-17,20,23-25,30-31,34,36-38H,7-8,18-19,21-22H2,1-4H3,(H,45,47)(H,46,48)(H,49,54)/t30?,31?,34-,36+,37+,38-/m0/s1. The topological polar surface area (TPSA) is 149 Å². The molecule has 3 aliphatic rings. The summed E-state index contributed by atoms with van der Waals surface area (Å²) in [5, 5.41) is 2.70. The largest absolute Gasteiger partial charge is 0.453 e. The maximum Gasteiger partial charge on any atom is 0.407 e. The van der Waals surface area contributed by atoms with Crippen LogP contribution in [0, 0.1) is 23.7 Å². The van der Waals surface area contributed by atoms with E-state index in [9.17, 15) is 14.4 Å². The van der Waals surface area contributed by atoms with Crippen LogP contribution in [-0.2, 0) is 14.3 Å². The Balaban J connectivity index is 0.935. The van der Waals surface area contributed by atoms with Gasteiger partial charge in [0.2, 0.25) is 11.8 Å². The third-order valence-corrected chi connectivity index (χ3v) is 12.0. The Morgan fingerprint density at radius 2 is 1.44 bits per heavy atom. The fraction of sp³-hybridized carbons (Fsp3) is 0.395. The van der Waals surface area contributed by atoms with Crippen molar-refractivity contribution in [3.8, 4) is 33.6 Å². The van der Waals surface area contributed by atoms with Gasteiger partial charge in [-0.25, -0.2) is 19.7 Å². The quantitative estimate of drug-likeness (QED) is 0.135. The van der Waals surface area contributed by atoms with Gasteiger partial charge in [0.05, 0.1) is 42.9 Å². The highest BCUT2D eigenvalue weighted by atomic mass is 16.5. The first-order valence-corrected chi connectivity index (χ1v) is 19.3. The predicted octanol–water partition coefficient (Wildman–Crippen LogP) is 7.37. The van der Waals surface area contributed by atoms with Crippen molar-refractivity contribution in [1.29, 1.82) is 0 Å². The molecule has 12 nitrogen and oxygen atoms in total. The lowest BCUT2D eigenvalue weighted by molar-refractivity contribution is -0.135. The Hall–Kier alpha value is -5.78. The Kier molecular flexibility index (Phi) is 9.98. The Bertz CT molecular complexity index is 2140. The van der Waals surface area contributed by atoms with E-state index in [1.807, 2.05) is 56.4 Å². The van der Waals surface area contributed by atoms with Crippen LogP contribution in [0.4, 0.5) is 10.6 Å². The van der Waals surface area contributed by atoms with Gasteiger partial charge in [0, 0.05) is 25.7 Å². The highest BCUT2D eigenvalue weighted by Gasteiger charge is 2.53. The van der Waals surface area contributed by atoms with E-state index < -0.39 is 12.1 Å². The van der Waals surface area contributed by atoms with Crippen LogP contribution >= 0.6 is 0 Å².